The first kappa shape index (κ1) is 10.2. The second-order valence-corrected chi connectivity index (χ2v) is 4.21. The van der Waals surface area contributed by atoms with Gasteiger partial charge in [-0.05, 0) is 37.5 Å². The van der Waals surface area contributed by atoms with Gasteiger partial charge in [0.2, 0.25) is 5.78 Å². The lowest BCUT2D eigenvalue weighted by Gasteiger charge is -2.06. The van der Waals surface area contributed by atoms with Gasteiger partial charge >= 0.3 is 0 Å². The van der Waals surface area contributed by atoms with E-state index >= 15 is 0 Å². The summed E-state index contributed by atoms with van der Waals surface area (Å²) in [6.45, 7) is 6.06. The Labute approximate surface area is 90.3 Å². The van der Waals surface area contributed by atoms with Crippen LogP contribution in [0.2, 0.25) is 0 Å². The smallest absolute Gasteiger partial charge is 0.207 e. The van der Waals surface area contributed by atoms with Crippen molar-refractivity contribution in [3.63, 3.8) is 0 Å². The summed E-state index contributed by atoms with van der Waals surface area (Å²) in [4.78, 5) is 12.0. The fourth-order valence-corrected chi connectivity index (χ4v) is 2.16. The van der Waals surface area contributed by atoms with Crippen LogP contribution < -0.4 is 4.74 Å². The molecule has 15 heavy (non-hydrogen) atoms. The predicted octanol–water partition coefficient (Wildman–Crippen LogP) is 3.05. The Bertz CT molecular complexity index is 407. The molecule has 0 aliphatic carbocycles. The standard InChI is InChI=1S/C13H16O2/c1-4-5-10-13(14)12-9(3)6-8(2)7-11(12)15-10/h6-7,10H,4-5H2,1-3H3. The van der Waals surface area contributed by atoms with Crippen molar-refractivity contribution in [3.05, 3.63) is 28.8 Å². The minimum atomic E-state index is -0.245. The van der Waals surface area contributed by atoms with Crippen molar-refractivity contribution in [1.29, 1.82) is 0 Å². The molecular weight excluding hydrogens is 188 g/mol. The van der Waals surface area contributed by atoms with Gasteiger partial charge in [-0.15, -0.1) is 0 Å². The first-order valence-electron chi connectivity index (χ1n) is 5.45. The fraction of sp³-hybridized carbons (Fsp3) is 0.462. The van der Waals surface area contributed by atoms with Crippen molar-refractivity contribution in [2.75, 3.05) is 0 Å². The van der Waals surface area contributed by atoms with E-state index in [1.807, 2.05) is 26.0 Å². The van der Waals surface area contributed by atoms with E-state index in [4.69, 9.17) is 4.74 Å². The Kier molecular flexibility index (Phi) is 2.51. The quantitative estimate of drug-likeness (QED) is 0.740. The van der Waals surface area contributed by atoms with Crippen LogP contribution in [0.1, 0.15) is 41.3 Å². The van der Waals surface area contributed by atoms with Crippen molar-refractivity contribution in [2.45, 2.75) is 39.7 Å². The second kappa shape index (κ2) is 3.69. The average molecular weight is 204 g/mol. The SMILES string of the molecule is CCCC1Oc2cc(C)cc(C)c2C1=O. The molecule has 0 radical (unpaired) electrons. The number of rotatable bonds is 2. The molecule has 0 amide bonds. The molecule has 1 aromatic rings. The lowest BCUT2D eigenvalue weighted by atomic mass is 9.99. The Morgan fingerprint density at radius 1 is 1.33 bits per heavy atom. The maximum atomic E-state index is 12.0. The van der Waals surface area contributed by atoms with Crippen LogP contribution in [0.5, 0.6) is 5.75 Å². The maximum absolute atomic E-state index is 12.0. The van der Waals surface area contributed by atoms with Crippen molar-refractivity contribution in [1.82, 2.24) is 0 Å². The zero-order valence-electron chi connectivity index (χ0n) is 9.46. The van der Waals surface area contributed by atoms with E-state index < -0.39 is 0 Å². The Morgan fingerprint density at radius 3 is 2.73 bits per heavy atom. The molecule has 0 saturated heterocycles. The number of hydrogen-bond donors (Lipinski definition) is 0. The normalized spacial score (nSPS) is 18.9. The van der Waals surface area contributed by atoms with Crippen molar-refractivity contribution in [3.8, 4) is 5.75 Å². The highest BCUT2D eigenvalue weighted by molar-refractivity contribution is 6.05. The zero-order chi connectivity index (χ0) is 11.0. The van der Waals surface area contributed by atoms with Crippen LogP contribution in [0.15, 0.2) is 12.1 Å². The summed E-state index contributed by atoms with van der Waals surface area (Å²) < 4.78 is 5.67. The van der Waals surface area contributed by atoms with Gasteiger partial charge in [-0.1, -0.05) is 19.4 Å². The maximum Gasteiger partial charge on any atom is 0.207 e. The lowest BCUT2D eigenvalue weighted by molar-refractivity contribution is 0.0845. The van der Waals surface area contributed by atoms with Crippen molar-refractivity contribution < 1.29 is 9.53 Å². The van der Waals surface area contributed by atoms with Gasteiger partial charge in [-0.25, -0.2) is 0 Å². The number of carbonyl (C=O) groups excluding carboxylic acids is 1. The summed E-state index contributed by atoms with van der Waals surface area (Å²) in [5, 5.41) is 0. The van der Waals surface area contributed by atoms with Gasteiger partial charge in [0, 0.05) is 0 Å². The van der Waals surface area contributed by atoms with E-state index in [0.717, 1.165) is 35.3 Å². The van der Waals surface area contributed by atoms with Gasteiger partial charge < -0.3 is 4.74 Å². The third-order valence-corrected chi connectivity index (χ3v) is 2.80. The van der Waals surface area contributed by atoms with Gasteiger partial charge in [0.05, 0.1) is 5.56 Å². The Morgan fingerprint density at radius 2 is 2.07 bits per heavy atom. The molecule has 0 N–H and O–H groups in total. The number of aryl methyl sites for hydroxylation is 2. The highest BCUT2D eigenvalue weighted by Crippen LogP contribution is 2.33. The fourth-order valence-electron chi connectivity index (χ4n) is 2.16. The molecule has 1 heterocycles. The van der Waals surface area contributed by atoms with E-state index in [9.17, 15) is 4.79 Å². The monoisotopic (exact) mass is 204 g/mol. The van der Waals surface area contributed by atoms with Crippen LogP contribution in [0.3, 0.4) is 0 Å². The van der Waals surface area contributed by atoms with E-state index in [2.05, 4.69) is 6.92 Å². The molecule has 1 aliphatic heterocycles. The molecule has 1 aromatic carbocycles. The molecule has 80 valence electrons. The summed E-state index contributed by atoms with van der Waals surface area (Å²) >= 11 is 0. The number of Topliss-reactive ketones (excluding diaryl/α,β-unsaturated/α-hetero) is 1. The first-order chi connectivity index (χ1) is 7.13. The van der Waals surface area contributed by atoms with Gasteiger partial charge in [0.1, 0.15) is 5.75 Å². The van der Waals surface area contributed by atoms with Crippen LogP contribution in [0.25, 0.3) is 0 Å². The van der Waals surface area contributed by atoms with Gasteiger partial charge in [0.15, 0.2) is 6.10 Å². The van der Waals surface area contributed by atoms with Gasteiger partial charge in [-0.2, -0.15) is 0 Å². The van der Waals surface area contributed by atoms with Gasteiger partial charge in [-0.3, -0.25) is 4.79 Å². The highest BCUT2D eigenvalue weighted by Gasteiger charge is 2.32. The van der Waals surface area contributed by atoms with Crippen molar-refractivity contribution >= 4 is 5.78 Å². The minimum absolute atomic E-state index is 0.157. The van der Waals surface area contributed by atoms with Crippen LogP contribution in [0.4, 0.5) is 0 Å². The summed E-state index contributed by atoms with van der Waals surface area (Å²) in [5.41, 5.74) is 2.98. The van der Waals surface area contributed by atoms with E-state index in [1.165, 1.54) is 0 Å². The van der Waals surface area contributed by atoms with Crippen LogP contribution >= 0.6 is 0 Å². The summed E-state index contributed by atoms with van der Waals surface area (Å²) in [6, 6.07) is 3.99. The van der Waals surface area contributed by atoms with E-state index in [-0.39, 0.29) is 11.9 Å². The molecule has 0 spiro atoms. The number of hydrogen-bond acceptors (Lipinski definition) is 2. The number of carbonyl (C=O) groups is 1. The average Bonchev–Trinajstić information content (AvgIpc) is 2.43. The predicted molar refractivity (Wildman–Crippen MR) is 59.6 cm³/mol. The molecule has 0 saturated carbocycles. The molecular formula is C13H16O2. The number of fused-ring (bicyclic) bond motifs is 1. The lowest BCUT2D eigenvalue weighted by Crippen LogP contribution is -2.19. The summed E-state index contributed by atoms with van der Waals surface area (Å²) in [7, 11) is 0. The Balaban J connectivity index is 2.41. The highest BCUT2D eigenvalue weighted by atomic mass is 16.5. The summed E-state index contributed by atoms with van der Waals surface area (Å²) in [6.07, 6.45) is 1.54. The third-order valence-electron chi connectivity index (χ3n) is 2.80. The molecule has 1 unspecified atom stereocenters. The van der Waals surface area contributed by atoms with E-state index in [1.54, 1.807) is 0 Å². The third kappa shape index (κ3) is 1.65. The van der Waals surface area contributed by atoms with E-state index in [0.29, 0.717) is 0 Å². The zero-order valence-corrected chi connectivity index (χ0v) is 9.46. The number of benzene rings is 1. The molecule has 2 heteroatoms. The molecule has 0 aromatic heterocycles. The number of ketones is 1. The first-order valence-corrected chi connectivity index (χ1v) is 5.45. The van der Waals surface area contributed by atoms with Gasteiger partial charge in [0.25, 0.3) is 0 Å². The van der Waals surface area contributed by atoms with Crippen LogP contribution in [-0.4, -0.2) is 11.9 Å². The summed E-state index contributed by atoms with van der Waals surface area (Å²) in [5.74, 6) is 0.931. The molecule has 2 rings (SSSR count). The minimum Gasteiger partial charge on any atom is -0.481 e. The molecule has 1 atom stereocenters. The van der Waals surface area contributed by atoms with Crippen LogP contribution in [-0.2, 0) is 0 Å². The largest absolute Gasteiger partial charge is 0.481 e. The number of ether oxygens (including phenoxy) is 1. The molecule has 2 nitrogen and oxygen atoms in total. The second-order valence-electron chi connectivity index (χ2n) is 4.21. The molecule has 0 fully saturated rings. The molecule has 1 aliphatic rings. The van der Waals surface area contributed by atoms with Crippen LogP contribution in [0, 0.1) is 13.8 Å². The topological polar surface area (TPSA) is 26.3 Å². The Hall–Kier alpha value is -1.31. The molecule has 0 bridgehead atoms. The van der Waals surface area contributed by atoms with Crippen molar-refractivity contribution in [2.24, 2.45) is 0 Å².